The van der Waals surface area contributed by atoms with Crippen LogP contribution in [0.15, 0.2) is 24.3 Å². The van der Waals surface area contributed by atoms with Crippen molar-refractivity contribution in [3.8, 4) is 5.75 Å². The summed E-state index contributed by atoms with van der Waals surface area (Å²) in [5, 5.41) is 18.2. The summed E-state index contributed by atoms with van der Waals surface area (Å²) >= 11 is 0. The number of aliphatic hydroxyl groups is 1. The lowest BCUT2D eigenvalue weighted by Crippen LogP contribution is -2.53. The van der Waals surface area contributed by atoms with Crippen molar-refractivity contribution < 1.29 is 29.0 Å². The van der Waals surface area contributed by atoms with Gasteiger partial charge in [0.15, 0.2) is 0 Å². The Morgan fingerprint density at radius 3 is 2.43 bits per heavy atom. The Labute approximate surface area is 205 Å². The fourth-order valence-corrected chi connectivity index (χ4v) is 4.23. The van der Waals surface area contributed by atoms with Crippen LogP contribution in [0.4, 0.5) is 0 Å². The highest BCUT2D eigenvalue weighted by molar-refractivity contribution is 6.00. The van der Waals surface area contributed by atoms with Gasteiger partial charge in [0.2, 0.25) is 17.7 Å². The summed E-state index contributed by atoms with van der Waals surface area (Å²) < 4.78 is 5.85. The van der Waals surface area contributed by atoms with Gasteiger partial charge in [-0.15, -0.1) is 0 Å². The number of hydrogen-bond donors (Lipinski definition) is 4. The number of nitrogens with zero attached hydrogens (tertiary/aromatic N) is 1. The molecule has 0 bridgehead atoms. The summed E-state index contributed by atoms with van der Waals surface area (Å²) in [6, 6.07) is 4.65. The number of para-hydroxylation sites is 1. The number of aliphatic hydroxyl groups excluding tert-OH is 1. The van der Waals surface area contributed by atoms with E-state index in [1.165, 1.54) is 0 Å². The number of fused-ring (bicyclic) bond motifs is 1. The monoisotopic (exact) mass is 488 g/mol. The van der Waals surface area contributed by atoms with E-state index < -0.39 is 24.1 Å². The number of carbonyl (C=O) groups excluding carboxylic acids is 4. The molecule has 3 rings (SSSR count). The number of hydrogen-bond acceptors (Lipinski definition) is 6. The number of rotatable bonds is 2. The molecule has 35 heavy (non-hydrogen) atoms. The molecule has 3 atom stereocenters. The van der Waals surface area contributed by atoms with Crippen LogP contribution in [0.2, 0.25) is 0 Å². The van der Waals surface area contributed by atoms with Gasteiger partial charge in [0.25, 0.3) is 5.91 Å². The van der Waals surface area contributed by atoms with E-state index in [2.05, 4.69) is 16.0 Å². The van der Waals surface area contributed by atoms with Gasteiger partial charge in [-0.2, -0.15) is 0 Å². The summed E-state index contributed by atoms with van der Waals surface area (Å²) in [6.45, 7) is 6.34. The topological polar surface area (TPSA) is 137 Å². The Morgan fingerprint density at radius 2 is 1.74 bits per heavy atom. The summed E-state index contributed by atoms with van der Waals surface area (Å²) in [4.78, 5) is 53.6. The minimum Gasteiger partial charge on any atom is -0.491 e. The zero-order valence-electron chi connectivity index (χ0n) is 20.6. The van der Waals surface area contributed by atoms with Gasteiger partial charge < -0.3 is 30.7 Å². The van der Waals surface area contributed by atoms with Crippen molar-refractivity contribution in [2.45, 2.75) is 70.7 Å². The van der Waals surface area contributed by atoms with Crippen LogP contribution in [0.3, 0.4) is 0 Å². The standard InChI is InChI=1S/C25H36N4O6/c1-15(2)22-24(33)26-16(3)14-35-20-7-5-4-6-18(20)23(32)27-19(8-9-21(31)28-22)25(34)29-12-10-17(30)11-13-29/h4-7,15-17,19,22,30H,8-14H2,1-3H3,(H,26,33)(H,27,32)(H,28,31)/t16-,19-,22+/m0/s1. The van der Waals surface area contributed by atoms with Crippen molar-refractivity contribution in [2.24, 2.45) is 5.92 Å². The molecule has 2 heterocycles. The predicted molar refractivity (Wildman–Crippen MR) is 129 cm³/mol. The molecule has 1 saturated heterocycles. The first-order valence-corrected chi connectivity index (χ1v) is 12.2. The van der Waals surface area contributed by atoms with E-state index in [4.69, 9.17) is 4.74 Å². The molecule has 192 valence electrons. The Hall–Kier alpha value is -3.14. The Morgan fingerprint density at radius 1 is 1.06 bits per heavy atom. The molecule has 1 aromatic rings. The maximum atomic E-state index is 13.3. The summed E-state index contributed by atoms with van der Waals surface area (Å²) in [6.07, 6.45) is 0.510. The van der Waals surface area contributed by atoms with Crippen LogP contribution in [0.1, 0.15) is 56.8 Å². The van der Waals surface area contributed by atoms with E-state index in [0.29, 0.717) is 31.7 Å². The molecule has 4 amide bonds. The quantitative estimate of drug-likeness (QED) is 0.481. The van der Waals surface area contributed by atoms with Gasteiger partial charge >= 0.3 is 0 Å². The van der Waals surface area contributed by atoms with Crippen LogP contribution < -0.4 is 20.7 Å². The number of benzene rings is 1. The average Bonchev–Trinajstić information content (AvgIpc) is 2.83. The van der Waals surface area contributed by atoms with Crippen LogP contribution in [-0.2, 0) is 14.4 Å². The smallest absolute Gasteiger partial charge is 0.255 e. The lowest BCUT2D eigenvalue weighted by atomic mass is 10.0. The second-order valence-corrected chi connectivity index (χ2v) is 9.63. The van der Waals surface area contributed by atoms with Crippen LogP contribution in [-0.4, -0.2) is 77.6 Å². The van der Waals surface area contributed by atoms with Crippen molar-refractivity contribution in [1.29, 1.82) is 0 Å². The molecule has 0 spiro atoms. The molecular formula is C25H36N4O6. The van der Waals surface area contributed by atoms with Gasteiger partial charge in [-0.25, -0.2) is 0 Å². The molecule has 2 aliphatic heterocycles. The molecule has 10 nitrogen and oxygen atoms in total. The maximum absolute atomic E-state index is 13.3. The molecule has 0 radical (unpaired) electrons. The third kappa shape index (κ3) is 7.17. The number of likely N-dealkylation sites (tertiary alicyclic amines) is 1. The molecular weight excluding hydrogens is 452 g/mol. The van der Waals surface area contributed by atoms with E-state index in [9.17, 15) is 24.3 Å². The highest BCUT2D eigenvalue weighted by atomic mass is 16.5. The minimum absolute atomic E-state index is 0.0443. The third-order valence-electron chi connectivity index (χ3n) is 6.31. The van der Waals surface area contributed by atoms with Crippen molar-refractivity contribution in [3.05, 3.63) is 29.8 Å². The highest BCUT2D eigenvalue weighted by Gasteiger charge is 2.31. The lowest BCUT2D eigenvalue weighted by molar-refractivity contribution is -0.136. The Balaban J connectivity index is 1.87. The largest absolute Gasteiger partial charge is 0.491 e. The molecule has 1 aromatic carbocycles. The fraction of sp³-hybridized carbons (Fsp3) is 0.600. The lowest BCUT2D eigenvalue weighted by Gasteiger charge is -2.32. The molecule has 1 fully saturated rings. The van der Waals surface area contributed by atoms with Gasteiger partial charge in [0.05, 0.1) is 17.7 Å². The van der Waals surface area contributed by atoms with Gasteiger partial charge in [0, 0.05) is 19.5 Å². The molecule has 0 unspecified atom stereocenters. The van der Waals surface area contributed by atoms with Crippen molar-refractivity contribution >= 4 is 23.6 Å². The SMILES string of the molecule is CC(C)[C@H]1NC(=O)CC[C@@H](C(=O)N2CCC(O)CC2)NC(=O)c2ccccc2OC[C@H](C)NC1=O. The number of carbonyl (C=O) groups is 4. The first kappa shape index (κ1) is 26.5. The average molecular weight is 489 g/mol. The van der Waals surface area contributed by atoms with Crippen LogP contribution >= 0.6 is 0 Å². The van der Waals surface area contributed by atoms with Gasteiger partial charge in [0.1, 0.15) is 24.4 Å². The van der Waals surface area contributed by atoms with E-state index in [0.717, 1.165) is 0 Å². The van der Waals surface area contributed by atoms with Gasteiger partial charge in [-0.3, -0.25) is 19.2 Å². The molecule has 0 aromatic heterocycles. The summed E-state index contributed by atoms with van der Waals surface area (Å²) in [5.41, 5.74) is 0.261. The molecule has 0 aliphatic carbocycles. The first-order valence-electron chi connectivity index (χ1n) is 12.2. The normalized spacial score (nSPS) is 25.3. The van der Waals surface area contributed by atoms with E-state index >= 15 is 0 Å². The zero-order chi connectivity index (χ0) is 25.5. The van der Waals surface area contributed by atoms with E-state index in [1.54, 1.807) is 36.1 Å². The zero-order valence-corrected chi connectivity index (χ0v) is 20.6. The van der Waals surface area contributed by atoms with Gasteiger partial charge in [-0.1, -0.05) is 26.0 Å². The second kappa shape index (κ2) is 12.0. The van der Waals surface area contributed by atoms with E-state index in [-0.39, 0.29) is 54.7 Å². The van der Waals surface area contributed by atoms with E-state index in [1.807, 2.05) is 13.8 Å². The third-order valence-corrected chi connectivity index (χ3v) is 6.31. The molecule has 4 N–H and O–H groups in total. The first-order chi connectivity index (χ1) is 16.7. The van der Waals surface area contributed by atoms with Crippen LogP contribution in [0.25, 0.3) is 0 Å². The summed E-state index contributed by atoms with van der Waals surface area (Å²) in [5.74, 6) is -1.29. The van der Waals surface area contributed by atoms with Gasteiger partial charge in [-0.05, 0) is 44.2 Å². The highest BCUT2D eigenvalue weighted by Crippen LogP contribution is 2.20. The van der Waals surface area contributed by atoms with Crippen LogP contribution in [0.5, 0.6) is 5.75 Å². The second-order valence-electron chi connectivity index (χ2n) is 9.63. The van der Waals surface area contributed by atoms with Crippen molar-refractivity contribution in [2.75, 3.05) is 19.7 Å². The number of amides is 4. The van der Waals surface area contributed by atoms with Crippen molar-refractivity contribution in [3.63, 3.8) is 0 Å². The minimum atomic E-state index is -0.938. The number of piperidine rings is 1. The summed E-state index contributed by atoms with van der Waals surface area (Å²) in [7, 11) is 0. The predicted octanol–water partition coefficient (Wildman–Crippen LogP) is 0.586. The van der Waals surface area contributed by atoms with Crippen molar-refractivity contribution in [1.82, 2.24) is 20.9 Å². The Kier molecular flexibility index (Phi) is 9.08. The molecule has 2 aliphatic rings. The molecule has 10 heteroatoms. The Bertz CT molecular complexity index is 928. The van der Waals surface area contributed by atoms with Crippen LogP contribution in [0, 0.1) is 5.92 Å². The number of ether oxygens (including phenoxy) is 1. The molecule has 0 saturated carbocycles. The fourth-order valence-electron chi connectivity index (χ4n) is 4.23. The maximum Gasteiger partial charge on any atom is 0.255 e. The number of nitrogens with one attached hydrogen (secondary N) is 3.